The van der Waals surface area contributed by atoms with Gasteiger partial charge in [0.25, 0.3) is 0 Å². The third-order valence-electron chi connectivity index (χ3n) is 4.95. The maximum absolute atomic E-state index is 13.0. The van der Waals surface area contributed by atoms with Gasteiger partial charge in [-0.25, -0.2) is 4.39 Å². The van der Waals surface area contributed by atoms with Gasteiger partial charge in [0.2, 0.25) is 5.91 Å². The third kappa shape index (κ3) is 4.47. The summed E-state index contributed by atoms with van der Waals surface area (Å²) in [4.78, 5) is 12.7. The van der Waals surface area contributed by atoms with E-state index in [1.165, 1.54) is 24.3 Å². The van der Waals surface area contributed by atoms with E-state index in [0.29, 0.717) is 18.7 Å². The molecule has 1 saturated heterocycles. The van der Waals surface area contributed by atoms with E-state index in [4.69, 9.17) is 0 Å². The molecule has 3 rings (SSSR count). The fourth-order valence-electron chi connectivity index (χ4n) is 3.38. The lowest BCUT2D eigenvalue weighted by Gasteiger charge is -2.22. The van der Waals surface area contributed by atoms with Gasteiger partial charge >= 0.3 is 6.18 Å². The number of alkyl halides is 3. The first-order chi connectivity index (χ1) is 12.8. The molecule has 3 atom stereocenters. The standard InChI is InChI=1S/C20H20F4N2O/c1-12(13-4-8-16(21)9-5-13)26-19(27)18-11-25-10-17(18)14-2-6-15(7-3-14)20(22,23)24/h2-9,12,17-18,25H,10-11H2,1H3,(H,26,27)/t12-,17-,18+/m0/s1. The second-order valence-electron chi connectivity index (χ2n) is 6.77. The van der Waals surface area contributed by atoms with Gasteiger partial charge < -0.3 is 10.6 Å². The monoisotopic (exact) mass is 380 g/mol. The van der Waals surface area contributed by atoms with E-state index < -0.39 is 11.7 Å². The molecule has 0 aromatic heterocycles. The largest absolute Gasteiger partial charge is 0.416 e. The summed E-state index contributed by atoms with van der Waals surface area (Å²) in [6.07, 6.45) is -4.38. The SMILES string of the molecule is C[C@H](NC(=O)[C@@H]1CNC[C@H]1c1ccc(C(F)(F)F)cc1)c1ccc(F)cc1. The number of carbonyl (C=O) groups is 1. The molecule has 0 saturated carbocycles. The van der Waals surface area contributed by atoms with Gasteiger partial charge in [-0.2, -0.15) is 13.2 Å². The van der Waals surface area contributed by atoms with Crippen molar-refractivity contribution in [1.29, 1.82) is 0 Å². The Bertz CT molecular complexity index is 787. The number of carbonyl (C=O) groups excluding carboxylic acids is 1. The predicted molar refractivity (Wildman–Crippen MR) is 93.5 cm³/mol. The number of rotatable bonds is 4. The van der Waals surface area contributed by atoms with Crippen LogP contribution in [0.5, 0.6) is 0 Å². The van der Waals surface area contributed by atoms with Crippen molar-refractivity contribution in [3.63, 3.8) is 0 Å². The van der Waals surface area contributed by atoms with Gasteiger partial charge in [-0.3, -0.25) is 4.79 Å². The molecule has 0 radical (unpaired) electrons. The number of amides is 1. The van der Waals surface area contributed by atoms with Gasteiger partial charge in [-0.15, -0.1) is 0 Å². The Labute approximate surface area is 154 Å². The molecule has 2 aromatic carbocycles. The number of benzene rings is 2. The summed E-state index contributed by atoms with van der Waals surface area (Å²) < 4.78 is 51.2. The molecular formula is C20H20F4N2O. The Hall–Kier alpha value is -2.41. The molecule has 2 N–H and O–H groups in total. The van der Waals surface area contributed by atoms with Crippen LogP contribution < -0.4 is 10.6 Å². The predicted octanol–water partition coefficient (Wildman–Crippen LogP) is 4.02. The van der Waals surface area contributed by atoms with E-state index in [1.807, 2.05) is 0 Å². The first kappa shape index (κ1) is 19.4. The minimum atomic E-state index is -4.38. The molecule has 0 bridgehead atoms. The average molecular weight is 380 g/mol. The van der Waals surface area contributed by atoms with Crippen molar-refractivity contribution in [2.75, 3.05) is 13.1 Å². The zero-order chi connectivity index (χ0) is 19.6. The molecule has 1 aliphatic rings. The van der Waals surface area contributed by atoms with Crippen molar-refractivity contribution < 1.29 is 22.4 Å². The topological polar surface area (TPSA) is 41.1 Å². The Balaban J connectivity index is 1.70. The van der Waals surface area contributed by atoms with Gasteiger partial charge in [0.15, 0.2) is 0 Å². The van der Waals surface area contributed by atoms with Crippen molar-refractivity contribution in [1.82, 2.24) is 10.6 Å². The highest BCUT2D eigenvalue weighted by Gasteiger charge is 2.35. The van der Waals surface area contributed by atoms with Crippen LogP contribution in [0.2, 0.25) is 0 Å². The molecule has 27 heavy (non-hydrogen) atoms. The zero-order valence-electron chi connectivity index (χ0n) is 14.7. The highest BCUT2D eigenvalue weighted by atomic mass is 19.4. The Morgan fingerprint density at radius 2 is 1.70 bits per heavy atom. The van der Waals surface area contributed by atoms with Crippen LogP contribution in [0.4, 0.5) is 17.6 Å². The molecule has 144 valence electrons. The van der Waals surface area contributed by atoms with Gasteiger partial charge in [0, 0.05) is 19.0 Å². The smallest absolute Gasteiger partial charge is 0.349 e. The number of hydrogen-bond acceptors (Lipinski definition) is 2. The summed E-state index contributed by atoms with van der Waals surface area (Å²) in [7, 11) is 0. The third-order valence-corrected chi connectivity index (χ3v) is 4.95. The summed E-state index contributed by atoms with van der Waals surface area (Å²) >= 11 is 0. The van der Waals surface area contributed by atoms with Gasteiger partial charge in [-0.1, -0.05) is 24.3 Å². The quantitative estimate of drug-likeness (QED) is 0.787. The number of nitrogens with one attached hydrogen (secondary N) is 2. The van der Waals surface area contributed by atoms with Crippen LogP contribution in [0.3, 0.4) is 0 Å². The van der Waals surface area contributed by atoms with E-state index >= 15 is 0 Å². The lowest BCUT2D eigenvalue weighted by molar-refractivity contribution is -0.137. The first-order valence-electron chi connectivity index (χ1n) is 8.69. The van der Waals surface area contributed by atoms with Crippen LogP contribution in [0.25, 0.3) is 0 Å². The molecule has 1 heterocycles. The summed E-state index contributed by atoms with van der Waals surface area (Å²) in [6.45, 7) is 2.78. The second-order valence-corrected chi connectivity index (χ2v) is 6.77. The minimum absolute atomic E-state index is 0.179. The van der Waals surface area contributed by atoms with Crippen molar-refractivity contribution in [2.24, 2.45) is 5.92 Å². The molecule has 7 heteroatoms. The van der Waals surface area contributed by atoms with Crippen molar-refractivity contribution >= 4 is 5.91 Å². The second kappa shape index (κ2) is 7.68. The minimum Gasteiger partial charge on any atom is -0.349 e. The van der Waals surface area contributed by atoms with Gasteiger partial charge in [0.1, 0.15) is 5.82 Å². The summed E-state index contributed by atoms with van der Waals surface area (Å²) in [5.74, 6) is -1.11. The number of halogens is 4. The van der Waals surface area contributed by atoms with Crippen LogP contribution in [0, 0.1) is 11.7 Å². The van der Waals surface area contributed by atoms with Crippen LogP contribution in [0.1, 0.15) is 35.6 Å². The van der Waals surface area contributed by atoms with Crippen LogP contribution in [-0.4, -0.2) is 19.0 Å². The summed E-state index contributed by atoms with van der Waals surface area (Å²) in [5.41, 5.74) is 0.771. The van der Waals surface area contributed by atoms with E-state index in [9.17, 15) is 22.4 Å². The van der Waals surface area contributed by atoms with Gasteiger partial charge in [-0.05, 0) is 42.3 Å². The molecule has 0 spiro atoms. The molecule has 0 unspecified atom stereocenters. The molecular weight excluding hydrogens is 360 g/mol. The lowest BCUT2D eigenvalue weighted by atomic mass is 9.87. The Morgan fingerprint density at radius 1 is 1.07 bits per heavy atom. The highest BCUT2D eigenvalue weighted by Crippen LogP contribution is 2.33. The summed E-state index contributed by atoms with van der Waals surface area (Å²) in [6, 6.07) is 10.6. The van der Waals surface area contributed by atoms with Crippen LogP contribution >= 0.6 is 0 Å². The lowest BCUT2D eigenvalue weighted by Crippen LogP contribution is -2.36. The Morgan fingerprint density at radius 3 is 2.30 bits per heavy atom. The molecule has 3 nitrogen and oxygen atoms in total. The molecule has 0 aliphatic carbocycles. The van der Waals surface area contributed by atoms with E-state index in [2.05, 4.69) is 10.6 Å². The van der Waals surface area contributed by atoms with Crippen molar-refractivity contribution in [3.05, 3.63) is 71.0 Å². The van der Waals surface area contributed by atoms with Crippen LogP contribution in [-0.2, 0) is 11.0 Å². The zero-order valence-corrected chi connectivity index (χ0v) is 14.7. The molecule has 1 fully saturated rings. The fourth-order valence-corrected chi connectivity index (χ4v) is 3.38. The molecule has 2 aromatic rings. The Kier molecular flexibility index (Phi) is 5.51. The van der Waals surface area contributed by atoms with Crippen molar-refractivity contribution in [2.45, 2.75) is 25.1 Å². The normalized spacial score (nSPS) is 21.1. The highest BCUT2D eigenvalue weighted by molar-refractivity contribution is 5.81. The average Bonchev–Trinajstić information content (AvgIpc) is 3.11. The van der Waals surface area contributed by atoms with Gasteiger partial charge in [0.05, 0.1) is 17.5 Å². The van der Waals surface area contributed by atoms with Crippen LogP contribution in [0.15, 0.2) is 48.5 Å². The fraction of sp³-hybridized carbons (Fsp3) is 0.350. The maximum atomic E-state index is 13.0. The van der Waals surface area contributed by atoms with E-state index in [-0.39, 0.29) is 29.6 Å². The van der Waals surface area contributed by atoms with E-state index in [0.717, 1.165) is 17.7 Å². The molecule has 1 amide bonds. The first-order valence-corrected chi connectivity index (χ1v) is 8.69. The molecule has 1 aliphatic heterocycles. The number of hydrogen-bond donors (Lipinski definition) is 2. The van der Waals surface area contributed by atoms with Crippen molar-refractivity contribution in [3.8, 4) is 0 Å². The van der Waals surface area contributed by atoms with E-state index in [1.54, 1.807) is 19.1 Å². The summed E-state index contributed by atoms with van der Waals surface area (Å²) in [5, 5.41) is 6.05. The maximum Gasteiger partial charge on any atom is 0.416 e.